The first kappa shape index (κ1) is 33.8. The number of aliphatic hydroxyl groups excluding tert-OH is 1. The van der Waals surface area contributed by atoms with Crippen molar-refractivity contribution >= 4 is 38.9 Å². The number of urea groups is 1. The predicted molar refractivity (Wildman–Crippen MR) is 198 cm³/mol. The summed E-state index contributed by atoms with van der Waals surface area (Å²) in [5.74, 6) is 0.315. The quantitative estimate of drug-likeness (QED) is 0.119. The Labute approximate surface area is 299 Å². The number of hydrogen-bond donors (Lipinski definition) is 3. The molecule has 3 saturated carbocycles. The van der Waals surface area contributed by atoms with Gasteiger partial charge in [-0.25, -0.2) is 4.79 Å². The first-order valence-corrected chi connectivity index (χ1v) is 19.3. The Bertz CT molecular complexity index is 1840. The molecule has 1 unspecified atom stereocenters. The van der Waals surface area contributed by atoms with Crippen molar-refractivity contribution in [2.24, 2.45) is 33.5 Å². The summed E-state index contributed by atoms with van der Waals surface area (Å²) in [6.07, 6.45) is 12.6. The van der Waals surface area contributed by atoms with Crippen molar-refractivity contribution in [3.8, 4) is 0 Å². The first-order valence-electron chi connectivity index (χ1n) is 18.5. The molecule has 0 radical (unpaired) electrons. The van der Waals surface area contributed by atoms with Crippen molar-refractivity contribution in [2.45, 2.75) is 76.9 Å². The van der Waals surface area contributed by atoms with Gasteiger partial charge in [-0.15, -0.1) is 11.3 Å². The number of carbonyl (C=O) groups is 2. The van der Waals surface area contributed by atoms with Crippen molar-refractivity contribution in [1.29, 1.82) is 0 Å². The van der Waals surface area contributed by atoms with Crippen LogP contribution in [0.2, 0.25) is 0 Å². The Morgan fingerprint density at radius 3 is 2.46 bits per heavy atom. The highest BCUT2D eigenvalue weighted by Gasteiger charge is 2.74. The van der Waals surface area contributed by atoms with E-state index in [-0.39, 0.29) is 41.0 Å². The average molecular weight is 695 g/mol. The second-order valence-corrected chi connectivity index (χ2v) is 17.4. The molecule has 1 heterocycles. The average Bonchev–Trinajstić information content (AvgIpc) is 3.66. The van der Waals surface area contributed by atoms with Crippen LogP contribution in [0.5, 0.6) is 0 Å². The van der Waals surface area contributed by atoms with E-state index in [9.17, 15) is 15.0 Å². The van der Waals surface area contributed by atoms with Gasteiger partial charge in [0.15, 0.2) is 5.78 Å². The molecule has 0 saturated heterocycles. The number of Topliss-reactive ketones (excluding diaryl/α,β-unsaturated/α-hetero) is 1. The van der Waals surface area contributed by atoms with Crippen molar-refractivity contribution in [3.05, 3.63) is 89.3 Å². The van der Waals surface area contributed by atoms with Crippen molar-refractivity contribution in [2.75, 3.05) is 32.1 Å². The number of rotatable bonds is 9. The topological polar surface area (TPSA) is 99.1 Å². The predicted octanol–water partition coefficient (Wildman–Crippen LogP) is 8.25. The SMILES string of the molecule is COCCCN(C[C@]1(O)CC[C@H]2[C@]34C=C[C@@]5(C=C3C(=O)c3cc6ccccc6s3)CC(O)CC[C@]5(C)[C@H]4CC[C@@]21C)C(=O)Nc1ccccc1. The number of amides is 2. The zero-order valence-corrected chi connectivity index (χ0v) is 30.3. The van der Waals surface area contributed by atoms with Crippen molar-refractivity contribution in [3.63, 3.8) is 0 Å². The zero-order valence-electron chi connectivity index (χ0n) is 29.5. The number of aliphatic hydroxyl groups is 2. The van der Waals surface area contributed by atoms with Gasteiger partial charge in [-0.05, 0) is 98.3 Å². The number of thiophene rings is 1. The summed E-state index contributed by atoms with van der Waals surface area (Å²) in [6, 6.07) is 19.5. The number of hydrogen-bond acceptors (Lipinski definition) is 6. The first-order chi connectivity index (χ1) is 24.0. The van der Waals surface area contributed by atoms with Crippen LogP contribution in [-0.4, -0.2) is 65.4 Å². The lowest BCUT2D eigenvalue weighted by molar-refractivity contribution is -0.174. The van der Waals surface area contributed by atoms with Crippen LogP contribution in [-0.2, 0) is 4.74 Å². The molecule has 3 fully saturated rings. The fraction of sp³-hybridized carbons (Fsp3) is 0.524. The molecular formula is C42H50N2O5S. The van der Waals surface area contributed by atoms with E-state index < -0.39 is 22.5 Å². The summed E-state index contributed by atoms with van der Waals surface area (Å²) < 4.78 is 6.45. The van der Waals surface area contributed by atoms with Crippen molar-refractivity contribution < 1.29 is 24.5 Å². The van der Waals surface area contributed by atoms with E-state index in [1.165, 1.54) is 0 Å². The van der Waals surface area contributed by atoms with Crippen LogP contribution in [0.1, 0.15) is 74.9 Å². The van der Waals surface area contributed by atoms with Crippen LogP contribution >= 0.6 is 11.3 Å². The van der Waals surface area contributed by atoms with Gasteiger partial charge in [0.25, 0.3) is 0 Å². The molecule has 3 aromatic rings. The summed E-state index contributed by atoms with van der Waals surface area (Å²) in [5.41, 5.74) is -1.13. The molecule has 0 aliphatic heterocycles. The molecule has 9 rings (SSSR count). The number of ketones is 1. The molecule has 2 aromatic carbocycles. The third kappa shape index (κ3) is 4.85. The maximum absolute atomic E-state index is 15.0. The van der Waals surface area contributed by atoms with Gasteiger partial charge in [-0.3, -0.25) is 4.79 Å². The van der Waals surface area contributed by atoms with Gasteiger partial charge in [0.05, 0.1) is 23.1 Å². The number of anilines is 1. The van der Waals surface area contributed by atoms with Gasteiger partial charge in [0, 0.05) is 52.5 Å². The molecule has 1 aromatic heterocycles. The smallest absolute Gasteiger partial charge is 0.321 e. The van der Waals surface area contributed by atoms with Crippen LogP contribution in [0.4, 0.5) is 10.5 Å². The molecule has 6 aliphatic carbocycles. The summed E-state index contributed by atoms with van der Waals surface area (Å²) in [5, 5.41) is 28.1. The monoisotopic (exact) mass is 694 g/mol. The minimum Gasteiger partial charge on any atom is -0.393 e. The van der Waals surface area contributed by atoms with Crippen LogP contribution in [0, 0.1) is 33.5 Å². The maximum atomic E-state index is 15.0. The fourth-order valence-electron chi connectivity index (χ4n) is 11.5. The van der Waals surface area contributed by atoms with E-state index in [1.54, 1.807) is 23.3 Å². The minimum absolute atomic E-state index is 0.0135. The number of nitrogens with one attached hydrogen (secondary N) is 1. The Hall–Kier alpha value is -3.30. The number of nitrogens with zero attached hydrogens (tertiary/aromatic N) is 1. The summed E-state index contributed by atoms with van der Waals surface area (Å²) in [7, 11) is 1.66. The second kappa shape index (κ2) is 12.1. The molecule has 8 heteroatoms. The standard InChI is InChI=1S/C42H50N2O5S/c1-38-17-14-30(45)25-40(38)20-21-42(31(26-40)36(46)33-24-28-10-7-8-13-32(28)50-33)34(38)15-18-39(2)35(42)16-19-41(39,48)27-44(22-9-23-49-3)37(47)43-29-11-5-4-6-12-29/h4-8,10-13,20-21,24,26,30,34-35,45,48H,9,14-19,22-23,25,27H2,1-3H3,(H,43,47)/t30?,34-,35-,38-,39+,40+,41-,42-/m1/s1. The number of para-hydroxylation sites is 1. The lowest BCUT2D eigenvalue weighted by Crippen LogP contribution is -2.67. The lowest BCUT2D eigenvalue weighted by atomic mass is 9.32. The molecule has 2 amide bonds. The number of benzene rings is 2. The molecule has 2 spiro atoms. The molecule has 7 nitrogen and oxygen atoms in total. The number of methoxy groups -OCH3 is 1. The Balaban J connectivity index is 1.19. The van der Waals surface area contributed by atoms with E-state index in [1.807, 2.05) is 48.5 Å². The maximum Gasteiger partial charge on any atom is 0.321 e. The number of ether oxygens (including phenoxy) is 1. The van der Waals surface area contributed by atoms with Gasteiger partial charge in [0.1, 0.15) is 0 Å². The number of allylic oxidation sites excluding steroid dienone is 4. The highest BCUT2D eigenvalue weighted by molar-refractivity contribution is 7.21. The van der Waals surface area contributed by atoms with Gasteiger partial charge < -0.3 is 25.2 Å². The molecule has 2 bridgehead atoms. The minimum atomic E-state index is -1.15. The van der Waals surface area contributed by atoms with Crippen LogP contribution < -0.4 is 5.32 Å². The van der Waals surface area contributed by atoms with Crippen LogP contribution in [0.15, 0.2) is 84.5 Å². The molecule has 50 heavy (non-hydrogen) atoms. The number of fused-ring (bicyclic) bond motifs is 2. The zero-order chi connectivity index (χ0) is 34.9. The third-order valence-electron chi connectivity index (χ3n) is 14.1. The fourth-order valence-corrected chi connectivity index (χ4v) is 12.5. The van der Waals surface area contributed by atoms with Gasteiger partial charge >= 0.3 is 6.03 Å². The lowest BCUT2D eigenvalue weighted by Gasteiger charge is -2.71. The third-order valence-corrected chi connectivity index (χ3v) is 15.3. The molecule has 8 atom stereocenters. The van der Waals surface area contributed by atoms with Gasteiger partial charge in [-0.1, -0.05) is 68.5 Å². The normalized spacial score (nSPS) is 36.7. The van der Waals surface area contributed by atoms with Gasteiger partial charge in [0.2, 0.25) is 0 Å². The molecular weight excluding hydrogens is 645 g/mol. The highest BCUT2D eigenvalue weighted by Crippen LogP contribution is 2.78. The molecule has 3 N–H and O–H groups in total. The summed E-state index contributed by atoms with van der Waals surface area (Å²) >= 11 is 1.56. The Kier molecular flexibility index (Phi) is 8.22. The highest BCUT2D eigenvalue weighted by atomic mass is 32.1. The van der Waals surface area contributed by atoms with E-state index in [0.29, 0.717) is 32.4 Å². The summed E-state index contributed by atoms with van der Waals surface area (Å²) in [4.78, 5) is 31.4. The number of carbonyl (C=O) groups excluding carboxylic acids is 2. The molecule has 6 aliphatic rings. The Morgan fingerprint density at radius 1 is 0.960 bits per heavy atom. The van der Waals surface area contributed by atoms with E-state index >= 15 is 4.79 Å². The second-order valence-electron chi connectivity index (χ2n) is 16.4. The molecule has 264 valence electrons. The summed E-state index contributed by atoms with van der Waals surface area (Å²) in [6.45, 7) is 5.84. The van der Waals surface area contributed by atoms with Crippen LogP contribution in [0.3, 0.4) is 0 Å². The van der Waals surface area contributed by atoms with Gasteiger partial charge in [-0.2, -0.15) is 0 Å². The van der Waals surface area contributed by atoms with E-state index in [2.05, 4.69) is 49.5 Å². The van der Waals surface area contributed by atoms with E-state index in [4.69, 9.17) is 4.74 Å². The van der Waals surface area contributed by atoms with Crippen molar-refractivity contribution in [1.82, 2.24) is 4.90 Å². The van der Waals surface area contributed by atoms with Crippen LogP contribution in [0.25, 0.3) is 10.1 Å². The Morgan fingerprint density at radius 2 is 1.68 bits per heavy atom. The largest absolute Gasteiger partial charge is 0.393 e. The van der Waals surface area contributed by atoms with E-state index in [0.717, 1.165) is 58.3 Å².